The summed E-state index contributed by atoms with van der Waals surface area (Å²) in [7, 11) is 2.19. The third kappa shape index (κ3) is 6.20. The van der Waals surface area contributed by atoms with Crippen LogP contribution < -0.4 is 0 Å². The summed E-state index contributed by atoms with van der Waals surface area (Å²) in [6.45, 7) is 15.4. The molecule has 0 aromatic carbocycles. The van der Waals surface area contributed by atoms with E-state index in [2.05, 4.69) is 46.2 Å². The Balaban J connectivity index is 3.71. The number of hydrogen-bond donors (Lipinski definition) is 0. The highest BCUT2D eigenvalue weighted by molar-refractivity contribution is 4.90. The molecule has 0 amide bonds. The monoisotopic (exact) mass is 197 g/mol. The number of nitrogens with zero attached hydrogens (tertiary/aromatic N) is 1. The molecule has 84 valence electrons. The van der Waals surface area contributed by atoms with Crippen LogP contribution in [0.3, 0.4) is 0 Å². The van der Waals surface area contributed by atoms with Crippen LogP contribution in [0.15, 0.2) is 12.2 Å². The summed E-state index contributed by atoms with van der Waals surface area (Å²) in [5, 5.41) is 0. The van der Waals surface area contributed by atoms with Gasteiger partial charge in [0, 0.05) is 0 Å². The van der Waals surface area contributed by atoms with Crippen molar-refractivity contribution in [2.24, 2.45) is 11.8 Å². The second-order valence-corrected chi connectivity index (χ2v) is 4.80. The molecule has 0 heterocycles. The third-order valence-corrected chi connectivity index (χ3v) is 3.15. The molecular weight excluding hydrogens is 170 g/mol. The second-order valence-electron chi connectivity index (χ2n) is 4.80. The molecule has 0 saturated carbocycles. The van der Waals surface area contributed by atoms with E-state index in [0.717, 1.165) is 18.4 Å². The molecule has 1 nitrogen and oxygen atoms in total. The van der Waals surface area contributed by atoms with Crippen molar-refractivity contribution < 1.29 is 0 Å². The van der Waals surface area contributed by atoms with E-state index in [1.807, 2.05) is 0 Å². The molecule has 0 spiro atoms. The maximum absolute atomic E-state index is 3.98. The van der Waals surface area contributed by atoms with Crippen molar-refractivity contribution in [3.05, 3.63) is 12.2 Å². The lowest BCUT2D eigenvalue weighted by Gasteiger charge is -2.22. The van der Waals surface area contributed by atoms with Crippen LogP contribution in [0.4, 0.5) is 0 Å². The Bertz CT molecular complexity index is 163. The summed E-state index contributed by atoms with van der Waals surface area (Å²) in [5.74, 6) is 1.58. The minimum absolute atomic E-state index is 0.776. The van der Waals surface area contributed by atoms with Gasteiger partial charge in [0.05, 0.1) is 0 Å². The predicted octanol–water partition coefficient (Wildman–Crippen LogP) is 3.57. The Hall–Kier alpha value is -0.300. The molecule has 0 aliphatic carbocycles. The van der Waals surface area contributed by atoms with Gasteiger partial charge in [0.2, 0.25) is 0 Å². The first-order valence-electron chi connectivity index (χ1n) is 5.80. The Labute approximate surface area is 90.2 Å². The van der Waals surface area contributed by atoms with Gasteiger partial charge in [-0.1, -0.05) is 26.3 Å². The third-order valence-electron chi connectivity index (χ3n) is 3.15. The topological polar surface area (TPSA) is 3.24 Å². The van der Waals surface area contributed by atoms with Gasteiger partial charge >= 0.3 is 0 Å². The van der Waals surface area contributed by atoms with Gasteiger partial charge in [0.1, 0.15) is 0 Å². The van der Waals surface area contributed by atoms with Gasteiger partial charge in [-0.15, -0.1) is 6.58 Å². The van der Waals surface area contributed by atoms with Gasteiger partial charge in [-0.3, -0.25) is 0 Å². The van der Waals surface area contributed by atoms with E-state index in [0.29, 0.717) is 0 Å². The lowest BCUT2D eigenvalue weighted by molar-refractivity contribution is 0.280. The molecular formula is C13H27N. The first kappa shape index (κ1) is 13.7. The molecule has 0 aliphatic heterocycles. The Morgan fingerprint density at radius 1 is 1.29 bits per heavy atom. The first-order chi connectivity index (χ1) is 6.47. The van der Waals surface area contributed by atoms with Crippen molar-refractivity contribution in [2.45, 2.75) is 40.5 Å². The molecule has 0 fully saturated rings. The molecule has 0 bridgehead atoms. The number of rotatable bonds is 7. The van der Waals surface area contributed by atoms with Crippen molar-refractivity contribution in [3.8, 4) is 0 Å². The molecule has 0 N–H and O–H groups in total. The standard InChI is InChI=1S/C13H27N/c1-7-14(6)9-8-12(4)13(5)10-11(2)3/h12-13H,2,7-10H2,1,3-6H3. The summed E-state index contributed by atoms with van der Waals surface area (Å²) in [5.41, 5.74) is 1.31. The van der Waals surface area contributed by atoms with Crippen LogP contribution in [0.25, 0.3) is 0 Å². The molecule has 0 saturated heterocycles. The minimum Gasteiger partial charge on any atom is -0.307 e. The van der Waals surface area contributed by atoms with Crippen molar-refractivity contribution in [2.75, 3.05) is 20.1 Å². The highest BCUT2D eigenvalue weighted by atomic mass is 15.1. The fourth-order valence-corrected chi connectivity index (χ4v) is 1.62. The molecule has 1 heteroatoms. The van der Waals surface area contributed by atoms with E-state index >= 15 is 0 Å². The molecule has 0 aromatic rings. The number of allylic oxidation sites excluding steroid dienone is 1. The fourth-order valence-electron chi connectivity index (χ4n) is 1.62. The quantitative estimate of drug-likeness (QED) is 0.564. The molecule has 0 aromatic heterocycles. The zero-order valence-electron chi connectivity index (χ0n) is 10.6. The Morgan fingerprint density at radius 3 is 2.29 bits per heavy atom. The summed E-state index contributed by atoms with van der Waals surface area (Å²) in [4.78, 5) is 2.38. The molecule has 2 atom stereocenters. The van der Waals surface area contributed by atoms with Gasteiger partial charge in [-0.25, -0.2) is 0 Å². The fraction of sp³-hybridized carbons (Fsp3) is 0.846. The first-order valence-corrected chi connectivity index (χ1v) is 5.80. The average molecular weight is 197 g/mol. The zero-order valence-corrected chi connectivity index (χ0v) is 10.6. The lowest BCUT2D eigenvalue weighted by atomic mass is 9.88. The van der Waals surface area contributed by atoms with Crippen LogP contribution in [-0.2, 0) is 0 Å². The van der Waals surface area contributed by atoms with E-state index < -0.39 is 0 Å². The van der Waals surface area contributed by atoms with Gasteiger partial charge in [-0.2, -0.15) is 0 Å². The molecule has 0 aliphatic rings. The van der Waals surface area contributed by atoms with Crippen LogP contribution >= 0.6 is 0 Å². The molecule has 14 heavy (non-hydrogen) atoms. The predicted molar refractivity (Wildman–Crippen MR) is 65.5 cm³/mol. The average Bonchev–Trinajstić information content (AvgIpc) is 2.12. The maximum Gasteiger partial charge on any atom is -0.00193 e. The minimum atomic E-state index is 0.776. The smallest absolute Gasteiger partial charge is 0.00193 e. The van der Waals surface area contributed by atoms with E-state index in [-0.39, 0.29) is 0 Å². The maximum atomic E-state index is 3.98. The summed E-state index contributed by atoms with van der Waals surface area (Å²) in [6, 6.07) is 0. The van der Waals surface area contributed by atoms with E-state index in [1.165, 1.54) is 25.0 Å². The highest BCUT2D eigenvalue weighted by Gasteiger charge is 2.12. The van der Waals surface area contributed by atoms with Gasteiger partial charge in [0.15, 0.2) is 0 Å². The van der Waals surface area contributed by atoms with Crippen molar-refractivity contribution in [1.29, 1.82) is 0 Å². The Kier molecular flexibility index (Phi) is 6.90. The second kappa shape index (κ2) is 7.05. The van der Waals surface area contributed by atoms with E-state index in [9.17, 15) is 0 Å². The van der Waals surface area contributed by atoms with Gasteiger partial charge in [0.25, 0.3) is 0 Å². The lowest BCUT2D eigenvalue weighted by Crippen LogP contribution is -2.22. The normalized spacial score (nSPS) is 15.6. The van der Waals surface area contributed by atoms with E-state index in [4.69, 9.17) is 0 Å². The SMILES string of the molecule is C=C(C)CC(C)C(C)CCN(C)CC. The van der Waals surface area contributed by atoms with Crippen LogP contribution in [0.1, 0.15) is 40.5 Å². The number of hydrogen-bond acceptors (Lipinski definition) is 1. The molecule has 0 radical (unpaired) electrons. The van der Waals surface area contributed by atoms with Crippen molar-refractivity contribution in [1.82, 2.24) is 4.90 Å². The molecule has 2 unspecified atom stereocenters. The van der Waals surface area contributed by atoms with Crippen LogP contribution in [0, 0.1) is 11.8 Å². The van der Waals surface area contributed by atoms with Crippen molar-refractivity contribution >= 4 is 0 Å². The van der Waals surface area contributed by atoms with Crippen LogP contribution in [-0.4, -0.2) is 25.0 Å². The summed E-state index contributed by atoms with van der Waals surface area (Å²) < 4.78 is 0. The largest absolute Gasteiger partial charge is 0.307 e. The summed E-state index contributed by atoms with van der Waals surface area (Å²) in [6.07, 6.45) is 2.48. The zero-order chi connectivity index (χ0) is 11.1. The van der Waals surface area contributed by atoms with Crippen LogP contribution in [0.2, 0.25) is 0 Å². The van der Waals surface area contributed by atoms with E-state index in [1.54, 1.807) is 0 Å². The highest BCUT2D eigenvalue weighted by Crippen LogP contribution is 2.21. The van der Waals surface area contributed by atoms with Crippen molar-refractivity contribution in [3.63, 3.8) is 0 Å². The van der Waals surface area contributed by atoms with Crippen LogP contribution in [0.5, 0.6) is 0 Å². The summed E-state index contributed by atoms with van der Waals surface area (Å²) >= 11 is 0. The van der Waals surface area contributed by atoms with Gasteiger partial charge in [-0.05, 0) is 51.7 Å². The Morgan fingerprint density at radius 2 is 1.86 bits per heavy atom. The van der Waals surface area contributed by atoms with Gasteiger partial charge < -0.3 is 4.90 Å². The molecule has 0 rings (SSSR count).